The molecule has 134 valence electrons. The smallest absolute Gasteiger partial charge is 0.406 e. The van der Waals surface area contributed by atoms with Gasteiger partial charge in [0, 0.05) is 33.0 Å². The summed E-state index contributed by atoms with van der Waals surface area (Å²) in [6.07, 6.45) is -4.89. The van der Waals surface area contributed by atoms with Gasteiger partial charge in [-0.2, -0.15) is 0 Å². The van der Waals surface area contributed by atoms with Gasteiger partial charge in [-0.1, -0.05) is 29.3 Å². The number of hydrogen-bond donors (Lipinski definition) is 3. The number of amides is 2. The second kappa shape index (κ2) is 7.81. The van der Waals surface area contributed by atoms with Gasteiger partial charge in [0.15, 0.2) is 0 Å². The topological polar surface area (TPSA) is 70.6 Å². The van der Waals surface area contributed by atoms with Crippen molar-refractivity contribution in [1.82, 2.24) is 0 Å². The number of alkyl halides is 3. The van der Waals surface area contributed by atoms with Crippen molar-refractivity contribution in [2.75, 3.05) is 10.6 Å². The first-order valence-electron chi connectivity index (χ1n) is 6.70. The number of carbonyl (C=O) groups is 1. The fraction of sp³-hybridized carbons (Fsp3) is 0.133. The van der Waals surface area contributed by atoms with Crippen LogP contribution in [-0.4, -0.2) is 17.5 Å². The number of halogens is 5. The van der Waals surface area contributed by atoms with E-state index < -0.39 is 24.7 Å². The van der Waals surface area contributed by atoms with Crippen molar-refractivity contribution in [2.24, 2.45) is 0 Å². The number of benzene rings is 2. The third-order valence-corrected chi connectivity index (χ3v) is 3.46. The van der Waals surface area contributed by atoms with Crippen LogP contribution in [0.4, 0.5) is 29.3 Å². The van der Waals surface area contributed by atoms with E-state index in [9.17, 15) is 23.1 Å². The molecule has 0 aliphatic rings. The SMILES string of the molecule is O=C(Nc1cc(Cl)cc(OC(F)(F)F)c1)Nc1cccc(Cl)c1CO. The number of nitrogens with one attached hydrogen (secondary N) is 2. The summed E-state index contributed by atoms with van der Waals surface area (Å²) in [5.41, 5.74) is 0.532. The standard InChI is InChI=1S/C15H11Cl2F3N2O3/c16-8-4-9(6-10(5-8)25-15(18,19)20)21-14(24)22-13-3-1-2-12(17)11(13)7-23/h1-6,23H,7H2,(H2,21,22,24). The van der Waals surface area contributed by atoms with Gasteiger partial charge in [0.25, 0.3) is 0 Å². The van der Waals surface area contributed by atoms with Crippen molar-refractivity contribution < 1.29 is 27.8 Å². The van der Waals surface area contributed by atoms with Crippen molar-refractivity contribution in [1.29, 1.82) is 0 Å². The predicted octanol–water partition coefficient (Wildman–Crippen LogP) is 5.03. The molecule has 25 heavy (non-hydrogen) atoms. The molecule has 0 atom stereocenters. The summed E-state index contributed by atoms with van der Waals surface area (Å²) in [5, 5.41) is 14.2. The predicted molar refractivity (Wildman–Crippen MR) is 88.2 cm³/mol. The summed E-state index contributed by atoms with van der Waals surface area (Å²) in [7, 11) is 0. The van der Waals surface area contributed by atoms with Crippen LogP contribution in [0.15, 0.2) is 36.4 Å². The van der Waals surface area contributed by atoms with E-state index in [1.54, 1.807) is 6.07 Å². The minimum Gasteiger partial charge on any atom is -0.406 e. The summed E-state index contributed by atoms with van der Waals surface area (Å²) in [4.78, 5) is 12.0. The summed E-state index contributed by atoms with van der Waals surface area (Å²) in [5.74, 6) is -0.575. The molecule has 2 rings (SSSR count). The van der Waals surface area contributed by atoms with Crippen LogP contribution in [0, 0.1) is 0 Å². The molecule has 3 N–H and O–H groups in total. The first-order chi connectivity index (χ1) is 11.7. The zero-order chi connectivity index (χ0) is 18.6. The largest absolute Gasteiger partial charge is 0.573 e. The molecule has 0 heterocycles. The number of anilines is 2. The van der Waals surface area contributed by atoms with Gasteiger partial charge in [0.05, 0.1) is 6.61 Å². The molecule has 0 unspecified atom stereocenters. The molecule has 2 aromatic rings. The number of aliphatic hydroxyl groups excluding tert-OH is 1. The molecule has 5 nitrogen and oxygen atoms in total. The van der Waals surface area contributed by atoms with Gasteiger partial charge in [0.2, 0.25) is 0 Å². The highest BCUT2D eigenvalue weighted by Gasteiger charge is 2.31. The molecule has 0 spiro atoms. The molecule has 0 bridgehead atoms. The van der Waals surface area contributed by atoms with Crippen molar-refractivity contribution in [3.8, 4) is 5.75 Å². The zero-order valence-electron chi connectivity index (χ0n) is 12.3. The Labute approximate surface area is 150 Å². The lowest BCUT2D eigenvalue weighted by Crippen LogP contribution is -2.21. The van der Waals surface area contributed by atoms with Crippen LogP contribution < -0.4 is 15.4 Å². The lowest BCUT2D eigenvalue weighted by Gasteiger charge is -2.13. The Morgan fingerprint density at radius 2 is 1.88 bits per heavy atom. The average molecular weight is 395 g/mol. The van der Waals surface area contributed by atoms with Crippen molar-refractivity contribution in [3.63, 3.8) is 0 Å². The lowest BCUT2D eigenvalue weighted by molar-refractivity contribution is -0.274. The Hall–Kier alpha value is -2.16. The number of urea groups is 1. The van der Waals surface area contributed by atoms with Crippen LogP contribution in [-0.2, 0) is 6.61 Å². The second-order valence-electron chi connectivity index (χ2n) is 4.73. The molecule has 2 amide bonds. The summed E-state index contributed by atoms with van der Waals surface area (Å²) in [6, 6.07) is 7.00. The summed E-state index contributed by atoms with van der Waals surface area (Å²) < 4.78 is 40.6. The Bertz CT molecular complexity index is 785. The Morgan fingerprint density at radius 1 is 1.16 bits per heavy atom. The number of aliphatic hydroxyl groups is 1. The van der Waals surface area contributed by atoms with Crippen LogP contribution in [0.1, 0.15) is 5.56 Å². The second-order valence-corrected chi connectivity index (χ2v) is 5.57. The van der Waals surface area contributed by atoms with Gasteiger partial charge in [-0.15, -0.1) is 13.2 Å². The highest BCUT2D eigenvalue weighted by molar-refractivity contribution is 6.32. The first kappa shape index (κ1) is 19.2. The van der Waals surface area contributed by atoms with E-state index in [1.807, 2.05) is 0 Å². The highest BCUT2D eigenvalue weighted by Crippen LogP contribution is 2.29. The van der Waals surface area contributed by atoms with Gasteiger partial charge < -0.3 is 20.5 Å². The monoisotopic (exact) mass is 394 g/mol. The molecule has 0 aliphatic heterocycles. The van der Waals surface area contributed by atoms with E-state index >= 15 is 0 Å². The number of carbonyl (C=O) groups excluding carboxylic acids is 1. The van der Waals surface area contributed by atoms with Crippen LogP contribution in [0.3, 0.4) is 0 Å². The normalized spacial score (nSPS) is 11.1. The van der Waals surface area contributed by atoms with Crippen molar-refractivity contribution in [2.45, 2.75) is 13.0 Å². The van der Waals surface area contributed by atoms with Crippen LogP contribution >= 0.6 is 23.2 Å². The highest BCUT2D eigenvalue weighted by atomic mass is 35.5. The summed E-state index contributed by atoms with van der Waals surface area (Å²) in [6.45, 7) is -0.407. The van der Waals surface area contributed by atoms with Gasteiger partial charge >= 0.3 is 12.4 Å². The van der Waals surface area contributed by atoms with E-state index in [2.05, 4.69) is 15.4 Å². The van der Waals surface area contributed by atoms with E-state index in [1.165, 1.54) is 18.2 Å². The molecule has 0 saturated heterocycles. The Balaban J connectivity index is 2.14. The van der Waals surface area contributed by atoms with E-state index in [4.69, 9.17) is 23.2 Å². The summed E-state index contributed by atoms with van der Waals surface area (Å²) >= 11 is 11.6. The maximum Gasteiger partial charge on any atom is 0.573 e. The maximum absolute atomic E-state index is 12.3. The molecular weight excluding hydrogens is 384 g/mol. The molecule has 0 saturated carbocycles. The third-order valence-electron chi connectivity index (χ3n) is 2.89. The minimum absolute atomic E-state index is 0.0168. The van der Waals surface area contributed by atoms with Gasteiger partial charge in [-0.05, 0) is 24.3 Å². The fourth-order valence-electron chi connectivity index (χ4n) is 1.95. The van der Waals surface area contributed by atoms with E-state index in [0.717, 1.165) is 12.1 Å². The van der Waals surface area contributed by atoms with Gasteiger partial charge in [0.1, 0.15) is 5.75 Å². The molecule has 10 heteroatoms. The number of rotatable bonds is 4. The Morgan fingerprint density at radius 3 is 2.52 bits per heavy atom. The van der Waals surface area contributed by atoms with Crippen molar-refractivity contribution in [3.05, 3.63) is 52.0 Å². The zero-order valence-corrected chi connectivity index (χ0v) is 13.8. The molecule has 2 aromatic carbocycles. The van der Waals surface area contributed by atoms with Crippen molar-refractivity contribution >= 4 is 40.6 Å². The van der Waals surface area contributed by atoms with Gasteiger partial charge in [-0.3, -0.25) is 0 Å². The Kier molecular flexibility index (Phi) is 5.99. The lowest BCUT2D eigenvalue weighted by atomic mass is 10.2. The fourth-order valence-corrected chi connectivity index (χ4v) is 2.41. The molecular formula is C15H11Cl2F3N2O3. The number of hydrogen-bond acceptors (Lipinski definition) is 3. The third kappa shape index (κ3) is 5.70. The van der Waals surface area contributed by atoms with Crippen LogP contribution in [0.25, 0.3) is 0 Å². The minimum atomic E-state index is -4.89. The maximum atomic E-state index is 12.3. The van der Waals surface area contributed by atoms with Crippen LogP contribution in [0.5, 0.6) is 5.75 Å². The molecule has 0 fully saturated rings. The van der Waals surface area contributed by atoms with E-state index in [0.29, 0.717) is 5.56 Å². The van der Waals surface area contributed by atoms with Crippen LogP contribution in [0.2, 0.25) is 10.0 Å². The molecule has 0 aliphatic carbocycles. The number of ether oxygens (including phenoxy) is 1. The first-order valence-corrected chi connectivity index (χ1v) is 7.46. The molecule has 0 radical (unpaired) electrons. The quantitative estimate of drug-likeness (QED) is 0.680. The van der Waals surface area contributed by atoms with Gasteiger partial charge in [-0.25, -0.2) is 4.79 Å². The van der Waals surface area contributed by atoms with E-state index in [-0.39, 0.29) is 21.4 Å². The molecule has 0 aromatic heterocycles. The average Bonchev–Trinajstić information content (AvgIpc) is 2.44.